The fourth-order valence-corrected chi connectivity index (χ4v) is 3.03. The van der Waals surface area contributed by atoms with Crippen molar-refractivity contribution in [1.29, 1.82) is 0 Å². The number of nitrogens with zero attached hydrogens (tertiary/aromatic N) is 2. The molecule has 0 atom stereocenters. The molecule has 0 aliphatic carbocycles. The van der Waals surface area contributed by atoms with Crippen LogP contribution in [0.5, 0.6) is 17.2 Å². The molecule has 1 heterocycles. The Kier molecular flexibility index (Phi) is 7.26. The first-order chi connectivity index (χ1) is 15.1. The van der Waals surface area contributed by atoms with Gasteiger partial charge in [-0.25, -0.2) is 14.8 Å². The van der Waals surface area contributed by atoms with Crippen molar-refractivity contribution in [2.75, 3.05) is 33.3 Å². The fourth-order valence-electron chi connectivity index (χ4n) is 3.03. The Morgan fingerprint density at radius 2 is 1.77 bits per heavy atom. The Labute approximate surface area is 181 Å². The molecule has 162 valence electrons. The molecule has 2 aromatic carbocycles. The number of hydrogen-bond donors (Lipinski definition) is 1. The van der Waals surface area contributed by atoms with Gasteiger partial charge in [0.15, 0.2) is 17.3 Å². The van der Waals surface area contributed by atoms with Crippen LogP contribution < -0.4 is 19.5 Å². The summed E-state index contributed by atoms with van der Waals surface area (Å²) in [6, 6.07) is 13.0. The molecule has 1 N–H and O–H groups in total. The van der Waals surface area contributed by atoms with Crippen molar-refractivity contribution in [3.05, 3.63) is 59.8 Å². The van der Waals surface area contributed by atoms with Crippen molar-refractivity contribution in [1.82, 2.24) is 9.97 Å². The van der Waals surface area contributed by atoms with Gasteiger partial charge < -0.3 is 24.3 Å². The minimum atomic E-state index is -0.496. The Hall–Kier alpha value is -3.81. The number of carbonyl (C=O) groups excluding carboxylic acids is 1. The van der Waals surface area contributed by atoms with E-state index in [0.29, 0.717) is 29.7 Å². The summed E-state index contributed by atoms with van der Waals surface area (Å²) in [6.45, 7) is 2.35. The number of hydrogen-bond acceptors (Lipinski definition) is 8. The molecule has 3 rings (SSSR count). The molecule has 31 heavy (non-hydrogen) atoms. The first-order valence-corrected chi connectivity index (χ1v) is 9.73. The first-order valence-electron chi connectivity index (χ1n) is 9.73. The van der Waals surface area contributed by atoms with E-state index < -0.39 is 5.97 Å². The van der Waals surface area contributed by atoms with Crippen LogP contribution in [-0.2, 0) is 11.3 Å². The van der Waals surface area contributed by atoms with Gasteiger partial charge in [-0.05, 0) is 37.3 Å². The molecular weight excluding hydrogens is 398 g/mol. The standard InChI is InChI=1S/C23H25N3O5/c1-5-31-23(27)18-14-25-21(15-9-11-17(28-2)12-10-15)26-22(18)24-13-16-7-6-8-19(29-3)20(16)30-4/h6-12,14H,5,13H2,1-4H3,(H,24,25,26). The van der Waals surface area contributed by atoms with Gasteiger partial charge in [0.2, 0.25) is 0 Å². The van der Waals surface area contributed by atoms with E-state index in [1.54, 1.807) is 28.3 Å². The lowest BCUT2D eigenvalue weighted by molar-refractivity contribution is 0.0526. The predicted octanol–water partition coefficient (Wildman–Crippen LogP) is 3.96. The Morgan fingerprint density at radius 1 is 1.00 bits per heavy atom. The molecule has 0 unspecified atom stereocenters. The van der Waals surface area contributed by atoms with Crippen LogP contribution in [0.1, 0.15) is 22.8 Å². The quantitative estimate of drug-likeness (QED) is 0.517. The smallest absolute Gasteiger partial charge is 0.343 e. The summed E-state index contributed by atoms with van der Waals surface area (Å²) in [6.07, 6.45) is 1.47. The van der Waals surface area contributed by atoms with Crippen LogP contribution in [0.4, 0.5) is 5.82 Å². The lowest BCUT2D eigenvalue weighted by Crippen LogP contribution is -2.13. The van der Waals surface area contributed by atoms with Crippen LogP contribution in [0, 0.1) is 0 Å². The third kappa shape index (κ3) is 5.03. The van der Waals surface area contributed by atoms with Crippen molar-refractivity contribution >= 4 is 11.8 Å². The number of nitrogens with one attached hydrogen (secondary N) is 1. The lowest BCUT2D eigenvalue weighted by Gasteiger charge is -2.15. The van der Waals surface area contributed by atoms with Crippen LogP contribution >= 0.6 is 0 Å². The molecule has 0 aliphatic heterocycles. The minimum Gasteiger partial charge on any atom is -0.497 e. The van der Waals surface area contributed by atoms with Gasteiger partial charge in [-0.3, -0.25) is 0 Å². The molecule has 0 aliphatic rings. The highest BCUT2D eigenvalue weighted by atomic mass is 16.5. The topological polar surface area (TPSA) is 91.8 Å². The van der Waals surface area contributed by atoms with E-state index in [0.717, 1.165) is 16.9 Å². The number of methoxy groups -OCH3 is 3. The second-order valence-corrected chi connectivity index (χ2v) is 6.41. The zero-order chi connectivity index (χ0) is 22.2. The van der Waals surface area contributed by atoms with Crippen molar-refractivity contribution in [2.24, 2.45) is 0 Å². The van der Waals surface area contributed by atoms with E-state index in [2.05, 4.69) is 15.3 Å². The van der Waals surface area contributed by atoms with Crippen molar-refractivity contribution < 1.29 is 23.7 Å². The highest BCUT2D eigenvalue weighted by Crippen LogP contribution is 2.31. The van der Waals surface area contributed by atoms with Gasteiger partial charge in [0.25, 0.3) is 0 Å². The maximum atomic E-state index is 12.4. The normalized spacial score (nSPS) is 10.3. The third-order valence-corrected chi connectivity index (χ3v) is 4.56. The maximum absolute atomic E-state index is 12.4. The van der Waals surface area contributed by atoms with Gasteiger partial charge in [0.05, 0.1) is 27.9 Å². The van der Waals surface area contributed by atoms with Crippen LogP contribution in [0.3, 0.4) is 0 Å². The third-order valence-electron chi connectivity index (χ3n) is 4.56. The number of aromatic nitrogens is 2. The van der Waals surface area contributed by atoms with E-state index in [1.807, 2.05) is 42.5 Å². The molecule has 0 bridgehead atoms. The summed E-state index contributed by atoms with van der Waals surface area (Å²) < 4.78 is 21.2. The predicted molar refractivity (Wildman–Crippen MR) is 117 cm³/mol. The van der Waals surface area contributed by atoms with Crippen LogP contribution in [0.2, 0.25) is 0 Å². The van der Waals surface area contributed by atoms with Gasteiger partial charge >= 0.3 is 5.97 Å². The van der Waals surface area contributed by atoms with Gasteiger partial charge in [-0.15, -0.1) is 0 Å². The summed E-state index contributed by atoms with van der Waals surface area (Å²) in [4.78, 5) is 21.4. The molecular formula is C23H25N3O5. The molecule has 0 saturated heterocycles. The maximum Gasteiger partial charge on any atom is 0.343 e. The van der Waals surface area contributed by atoms with E-state index in [9.17, 15) is 4.79 Å². The van der Waals surface area contributed by atoms with Gasteiger partial charge in [0, 0.05) is 23.9 Å². The van der Waals surface area contributed by atoms with Gasteiger partial charge in [-0.2, -0.15) is 0 Å². The van der Waals surface area contributed by atoms with E-state index in [1.165, 1.54) is 6.20 Å². The SMILES string of the molecule is CCOC(=O)c1cnc(-c2ccc(OC)cc2)nc1NCc1cccc(OC)c1OC. The number of rotatable bonds is 9. The summed E-state index contributed by atoms with van der Waals surface area (Å²) in [5, 5.41) is 3.22. The first kappa shape index (κ1) is 21.9. The second-order valence-electron chi connectivity index (χ2n) is 6.41. The van der Waals surface area contributed by atoms with E-state index in [-0.39, 0.29) is 12.2 Å². The number of esters is 1. The van der Waals surface area contributed by atoms with Crippen molar-refractivity contribution in [2.45, 2.75) is 13.5 Å². The average Bonchev–Trinajstić information content (AvgIpc) is 2.82. The lowest BCUT2D eigenvalue weighted by atomic mass is 10.1. The van der Waals surface area contributed by atoms with E-state index in [4.69, 9.17) is 18.9 Å². The monoisotopic (exact) mass is 423 g/mol. The Morgan fingerprint density at radius 3 is 2.42 bits per heavy atom. The average molecular weight is 423 g/mol. The Balaban J connectivity index is 1.95. The summed E-state index contributed by atoms with van der Waals surface area (Å²) in [7, 11) is 4.77. The van der Waals surface area contributed by atoms with Crippen LogP contribution in [0.15, 0.2) is 48.7 Å². The van der Waals surface area contributed by atoms with E-state index >= 15 is 0 Å². The molecule has 0 radical (unpaired) electrons. The molecule has 0 amide bonds. The summed E-state index contributed by atoms with van der Waals surface area (Å²) in [5.74, 6) is 2.30. The summed E-state index contributed by atoms with van der Waals surface area (Å²) >= 11 is 0. The zero-order valence-corrected chi connectivity index (χ0v) is 18.0. The highest BCUT2D eigenvalue weighted by Gasteiger charge is 2.18. The Bertz CT molecular complexity index is 1040. The summed E-state index contributed by atoms with van der Waals surface area (Å²) in [5.41, 5.74) is 1.89. The number of para-hydroxylation sites is 1. The van der Waals surface area contributed by atoms with Crippen molar-refractivity contribution in [3.63, 3.8) is 0 Å². The second kappa shape index (κ2) is 10.3. The highest BCUT2D eigenvalue weighted by molar-refractivity contribution is 5.94. The number of carbonyl (C=O) groups is 1. The molecule has 3 aromatic rings. The molecule has 0 fully saturated rings. The fraction of sp³-hybridized carbons (Fsp3) is 0.261. The van der Waals surface area contributed by atoms with Gasteiger partial charge in [0.1, 0.15) is 17.1 Å². The number of benzene rings is 2. The molecule has 0 saturated carbocycles. The van der Waals surface area contributed by atoms with Crippen LogP contribution in [-0.4, -0.2) is 43.9 Å². The molecule has 1 aromatic heterocycles. The molecule has 0 spiro atoms. The van der Waals surface area contributed by atoms with Crippen molar-refractivity contribution in [3.8, 4) is 28.6 Å². The molecule has 8 heteroatoms. The number of anilines is 1. The zero-order valence-electron chi connectivity index (χ0n) is 18.0. The molecule has 8 nitrogen and oxygen atoms in total. The van der Waals surface area contributed by atoms with Crippen LogP contribution in [0.25, 0.3) is 11.4 Å². The minimum absolute atomic E-state index is 0.251. The van der Waals surface area contributed by atoms with Gasteiger partial charge in [-0.1, -0.05) is 12.1 Å². The largest absolute Gasteiger partial charge is 0.497 e. The number of ether oxygens (including phenoxy) is 4.